The van der Waals surface area contributed by atoms with Crippen LogP contribution in [0, 0.1) is 5.41 Å². The molecule has 1 N–H and O–H groups in total. The zero-order valence-electron chi connectivity index (χ0n) is 20.0. The summed E-state index contributed by atoms with van der Waals surface area (Å²) in [5.74, 6) is 0.861. The van der Waals surface area contributed by atoms with Crippen LogP contribution < -0.4 is 9.47 Å². The van der Waals surface area contributed by atoms with Crippen LogP contribution in [0.2, 0.25) is 0 Å². The molecule has 0 saturated heterocycles. The van der Waals surface area contributed by atoms with Crippen LogP contribution in [0.5, 0.6) is 11.5 Å². The molecule has 3 aromatic carbocycles. The van der Waals surface area contributed by atoms with Crippen LogP contribution in [0.15, 0.2) is 94.8 Å². The van der Waals surface area contributed by atoms with E-state index in [0.717, 1.165) is 22.4 Å². The van der Waals surface area contributed by atoms with Crippen molar-refractivity contribution >= 4 is 40.4 Å². The predicted octanol–water partition coefficient (Wildman–Crippen LogP) is 6.53. The van der Waals surface area contributed by atoms with Gasteiger partial charge in [0, 0.05) is 5.41 Å². The van der Waals surface area contributed by atoms with Gasteiger partial charge in [-0.05, 0) is 48.7 Å². The minimum atomic E-state index is -0.433. The van der Waals surface area contributed by atoms with E-state index in [1.54, 1.807) is 11.0 Å². The summed E-state index contributed by atoms with van der Waals surface area (Å²) in [6.45, 7) is 4.37. The summed E-state index contributed by atoms with van der Waals surface area (Å²) >= 11 is 1.35. The topological polar surface area (TPSA) is 75.0 Å². The fourth-order valence-electron chi connectivity index (χ4n) is 4.04. The summed E-state index contributed by atoms with van der Waals surface area (Å²) in [6.07, 6.45) is 1.52. The fourth-order valence-corrected chi connectivity index (χ4v) is 4.93. The average molecular weight is 496 g/mol. The molecular formula is C29H25N3O3S. The van der Waals surface area contributed by atoms with Crippen LogP contribution in [0.4, 0.5) is 0 Å². The largest absolute Gasteiger partial charge is 0.490 e. The standard InChI is InChI=1S/C29H25N3O3S/c1-3-34-26-17-20(14-15-25(26)35-19(2)21-10-6-4-7-11-21)16-23-27(30)32-24(22-12-8-5-9-13-22)18-36-29(32)31-28(23)33/h4-19,30H,3H2,1-2H3/b23-16-,30-27?/t19-/m1/s1. The highest BCUT2D eigenvalue weighted by atomic mass is 32.2. The van der Waals surface area contributed by atoms with E-state index in [9.17, 15) is 4.79 Å². The molecule has 2 heterocycles. The van der Waals surface area contributed by atoms with Crippen molar-refractivity contribution in [1.82, 2.24) is 4.90 Å². The average Bonchev–Trinajstić information content (AvgIpc) is 3.33. The van der Waals surface area contributed by atoms with Gasteiger partial charge in [-0.2, -0.15) is 4.99 Å². The van der Waals surface area contributed by atoms with E-state index in [4.69, 9.17) is 14.9 Å². The van der Waals surface area contributed by atoms with E-state index in [0.29, 0.717) is 23.3 Å². The maximum Gasteiger partial charge on any atom is 0.283 e. The van der Waals surface area contributed by atoms with Crippen molar-refractivity contribution in [1.29, 1.82) is 5.41 Å². The molecule has 0 fully saturated rings. The molecule has 0 unspecified atom stereocenters. The second-order valence-electron chi connectivity index (χ2n) is 8.24. The zero-order valence-corrected chi connectivity index (χ0v) is 20.8. The van der Waals surface area contributed by atoms with Gasteiger partial charge in [-0.15, -0.1) is 0 Å². The Morgan fingerprint density at radius 2 is 1.75 bits per heavy atom. The Labute approximate surface area is 214 Å². The lowest BCUT2D eigenvalue weighted by molar-refractivity contribution is -0.114. The Morgan fingerprint density at radius 1 is 1.03 bits per heavy atom. The van der Waals surface area contributed by atoms with Crippen molar-refractivity contribution in [2.45, 2.75) is 20.0 Å². The first-order valence-corrected chi connectivity index (χ1v) is 12.6. The van der Waals surface area contributed by atoms with Crippen molar-refractivity contribution in [3.63, 3.8) is 0 Å². The van der Waals surface area contributed by atoms with Gasteiger partial charge in [0.2, 0.25) is 0 Å². The van der Waals surface area contributed by atoms with Crippen LogP contribution in [0.1, 0.15) is 36.6 Å². The number of carbonyl (C=O) groups is 1. The van der Waals surface area contributed by atoms with E-state index < -0.39 is 5.91 Å². The molecule has 0 aromatic heterocycles. The molecule has 0 radical (unpaired) electrons. The summed E-state index contributed by atoms with van der Waals surface area (Å²) in [6, 6.07) is 25.3. The normalized spacial score (nSPS) is 16.9. The SMILES string of the molecule is CCOc1cc(/C=C2/C(=N)N3C(c4ccccc4)=CSC3=NC2=O)ccc1O[C@H](C)c1ccccc1. The van der Waals surface area contributed by atoms with Gasteiger partial charge >= 0.3 is 0 Å². The Kier molecular flexibility index (Phi) is 6.73. The lowest BCUT2D eigenvalue weighted by atomic mass is 10.1. The van der Waals surface area contributed by atoms with E-state index in [-0.39, 0.29) is 17.5 Å². The number of amides is 1. The number of hydrogen-bond acceptors (Lipinski definition) is 5. The minimum Gasteiger partial charge on any atom is -0.490 e. The van der Waals surface area contributed by atoms with Gasteiger partial charge in [-0.1, -0.05) is 78.5 Å². The molecule has 0 spiro atoms. The van der Waals surface area contributed by atoms with Crippen molar-refractivity contribution < 1.29 is 14.3 Å². The van der Waals surface area contributed by atoms with Crippen molar-refractivity contribution in [3.8, 4) is 11.5 Å². The minimum absolute atomic E-state index is 0.0982. The summed E-state index contributed by atoms with van der Waals surface area (Å²) < 4.78 is 12.1. The highest BCUT2D eigenvalue weighted by Gasteiger charge is 2.36. The molecule has 7 heteroatoms. The molecule has 2 aliphatic heterocycles. The van der Waals surface area contributed by atoms with Gasteiger partial charge in [-0.3, -0.25) is 15.1 Å². The molecule has 3 aromatic rings. The van der Waals surface area contributed by atoms with E-state index >= 15 is 0 Å². The van der Waals surface area contributed by atoms with Gasteiger partial charge in [0.25, 0.3) is 5.91 Å². The quantitative estimate of drug-likeness (QED) is 0.377. The smallest absolute Gasteiger partial charge is 0.283 e. The third kappa shape index (κ3) is 4.70. The Morgan fingerprint density at radius 3 is 2.47 bits per heavy atom. The van der Waals surface area contributed by atoms with E-state index in [2.05, 4.69) is 4.99 Å². The third-order valence-electron chi connectivity index (χ3n) is 5.84. The Balaban J connectivity index is 1.44. The van der Waals surface area contributed by atoms with Crippen molar-refractivity contribution in [2.24, 2.45) is 4.99 Å². The molecule has 0 aliphatic carbocycles. The third-order valence-corrected chi connectivity index (χ3v) is 6.66. The molecule has 6 nitrogen and oxygen atoms in total. The molecule has 36 heavy (non-hydrogen) atoms. The van der Waals surface area contributed by atoms with Gasteiger partial charge in [0.05, 0.1) is 17.9 Å². The first-order chi connectivity index (χ1) is 17.5. The molecule has 5 rings (SSSR count). The maximum atomic E-state index is 12.9. The van der Waals surface area contributed by atoms with Crippen LogP contribution in [-0.2, 0) is 4.79 Å². The monoisotopic (exact) mass is 495 g/mol. The number of hydrogen-bond donors (Lipinski definition) is 1. The number of nitrogens with one attached hydrogen (secondary N) is 1. The highest BCUT2D eigenvalue weighted by Crippen LogP contribution is 2.38. The van der Waals surface area contributed by atoms with Gasteiger partial charge in [0.1, 0.15) is 11.9 Å². The van der Waals surface area contributed by atoms with E-state index in [1.807, 2.05) is 98.1 Å². The van der Waals surface area contributed by atoms with E-state index in [1.165, 1.54) is 11.8 Å². The van der Waals surface area contributed by atoms with Gasteiger partial charge in [0.15, 0.2) is 16.7 Å². The van der Waals surface area contributed by atoms with Gasteiger partial charge < -0.3 is 9.47 Å². The number of thioether (sulfide) groups is 1. The molecule has 0 saturated carbocycles. The van der Waals surface area contributed by atoms with Crippen LogP contribution in [-0.4, -0.2) is 28.4 Å². The molecule has 1 amide bonds. The first kappa shape index (κ1) is 23.6. The fraction of sp³-hybridized carbons (Fsp3) is 0.138. The maximum absolute atomic E-state index is 12.9. The van der Waals surface area contributed by atoms with Crippen molar-refractivity contribution in [3.05, 3.63) is 107 Å². The second kappa shape index (κ2) is 10.3. The molecule has 2 aliphatic rings. The number of carbonyl (C=O) groups excluding carboxylic acids is 1. The molecular weight excluding hydrogens is 470 g/mol. The Hall–Kier alpha value is -4.10. The highest BCUT2D eigenvalue weighted by molar-refractivity contribution is 8.17. The number of rotatable bonds is 7. The lowest BCUT2D eigenvalue weighted by Gasteiger charge is -2.27. The number of aliphatic imine (C=N–C) groups is 1. The number of nitrogens with zero attached hydrogens (tertiary/aromatic N) is 2. The number of ether oxygens (including phenoxy) is 2. The molecule has 180 valence electrons. The summed E-state index contributed by atoms with van der Waals surface area (Å²) in [7, 11) is 0. The molecule has 0 bridgehead atoms. The number of fused-ring (bicyclic) bond motifs is 1. The number of benzene rings is 3. The summed E-state index contributed by atoms with van der Waals surface area (Å²) in [4.78, 5) is 18.8. The number of amidine groups is 2. The van der Waals surface area contributed by atoms with Crippen LogP contribution >= 0.6 is 11.8 Å². The zero-order chi connectivity index (χ0) is 25.1. The Bertz CT molecular complexity index is 1400. The second-order valence-corrected chi connectivity index (χ2v) is 9.08. The summed E-state index contributed by atoms with van der Waals surface area (Å²) in [5.41, 5.74) is 3.79. The van der Waals surface area contributed by atoms with Crippen LogP contribution in [0.3, 0.4) is 0 Å². The summed E-state index contributed by atoms with van der Waals surface area (Å²) in [5, 5.41) is 11.3. The molecule has 1 atom stereocenters. The van der Waals surface area contributed by atoms with Crippen LogP contribution in [0.25, 0.3) is 11.8 Å². The predicted molar refractivity (Wildman–Crippen MR) is 145 cm³/mol. The van der Waals surface area contributed by atoms with Gasteiger partial charge in [-0.25, -0.2) is 0 Å². The first-order valence-electron chi connectivity index (χ1n) is 11.7. The van der Waals surface area contributed by atoms with Crippen molar-refractivity contribution in [2.75, 3.05) is 6.61 Å². The lowest BCUT2D eigenvalue weighted by Crippen LogP contribution is -2.38.